The molecule has 0 amide bonds. The first-order valence-electron chi connectivity index (χ1n) is 7.49. The van der Waals surface area contributed by atoms with Crippen LogP contribution >= 0.6 is 0 Å². The first kappa shape index (κ1) is 16.1. The van der Waals surface area contributed by atoms with Gasteiger partial charge in [-0.2, -0.15) is 13.2 Å². The van der Waals surface area contributed by atoms with Gasteiger partial charge in [0.15, 0.2) is 0 Å². The van der Waals surface area contributed by atoms with Gasteiger partial charge in [-0.15, -0.1) is 0 Å². The minimum absolute atomic E-state index is 0.263. The van der Waals surface area contributed by atoms with Gasteiger partial charge in [-0.3, -0.25) is 4.90 Å². The first-order chi connectivity index (χ1) is 9.83. The molecule has 0 aromatic heterocycles. The molecule has 1 N–H and O–H groups in total. The summed E-state index contributed by atoms with van der Waals surface area (Å²) in [6, 6.07) is 8.58. The van der Waals surface area contributed by atoms with E-state index >= 15 is 0 Å². The summed E-state index contributed by atoms with van der Waals surface area (Å²) in [6.45, 7) is 4.52. The summed E-state index contributed by atoms with van der Waals surface area (Å²) < 4.78 is 37.0. The molecule has 21 heavy (non-hydrogen) atoms. The predicted octanol–water partition coefficient (Wildman–Crippen LogP) is 4.25. The molecule has 2 rings (SSSR count). The molecule has 0 saturated carbocycles. The molecule has 0 spiro atoms. The van der Waals surface area contributed by atoms with Crippen LogP contribution in [0.2, 0.25) is 0 Å². The van der Waals surface area contributed by atoms with E-state index < -0.39 is 12.7 Å². The fourth-order valence-corrected chi connectivity index (χ4v) is 2.69. The number of halogens is 3. The Bertz CT molecular complexity index is 432. The molecule has 0 radical (unpaired) electrons. The Balaban J connectivity index is 1.80. The molecule has 0 bridgehead atoms. The molecule has 1 aliphatic rings. The number of hydrogen-bond acceptors (Lipinski definition) is 2. The largest absolute Gasteiger partial charge is 0.401 e. The zero-order valence-corrected chi connectivity index (χ0v) is 12.6. The Morgan fingerprint density at radius 3 is 2.19 bits per heavy atom. The van der Waals surface area contributed by atoms with Crippen LogP contribution in [0.1, 0.15) is 38.2 Å². The SMILES string of the molecule is CC(C)c1ccc(NC2CCN(CC(F)(F)F)CC2)cc1. The molecular formula is C16H23F3N2. The van der Waals surface area contributed by atoms with Gasteiger partial charge in [-0.25, -0.2) is 0 Å². The lowest BCUT2D eigenvalue weighted by Crippen LogP contribution is -2.43. The molecule has 1 aromatic carbocycles. The van der Waals surface area contributed by atoms with E-state index in [1.54, 1.807) is 0 Å². The summed E-state index contributed by atoms with van der Waals surface area (Å²) in [6.07, 6.45) is -2.59. The van der Waals surface area contributed by atoms with Crippen molar-refractivity contribution in [2.75, 3.05) is 25.0 Å². The second-order valence-electron chi connectivity index (χ2n) is 6.09. The fraction of sp³-hybridized carbons (Fsp3) is 0.625. The Morgan fingerprint density at radius 2 is 1.71 bits per heavy atom. The van der Waals surface area contributed by atoms with E-state index in [1.807, 2.05) is 0 Å². The van der Waals surface area contributed by atoms with Crippen molar-refractivity contribution in [1.82, 2.24) is 4.90 Å². The van der Waals surface area contributed by atoms with Crippen LogP contribution in [-0.4, -0.2) is 36.8 Å². The van der Waals surface area contributed by atoms with Crippen LogP contribution in [0.5, 0.6) is 0 Å². The Kier molecular flexibility index (Phi) is 5.14. The first-order valence-corrected chi connectivity index (χ1v) is 7.49. The number of rotatable bonds is 4. The van der Waals surface area contributed by atoms with Crippen LogP contribution in [0.15, 0.2) is 24.3 Å². The van der Waals surface area contributed by atoms with E-state index in [9.17, 15) is 13.2 Å². The summed E-state index contributed by atoms with van der Waals surface area (Å²) >= 11 is 0. The highest BCUT2D eigenvalue weighted by atomic mass is 19.4. The van der Waals surface area contributed by atoms with Crippen molar-refractivity contribution in [3.05, 3.63) is 29.8 Å². The minimum Gasteiger partial charge on any atom is -0.382 e. The van der Waals surface area contributed by atoms with Crippen LogP contribution in [0, 0.1) is 0 Å². The van der Waals surface area contributed by atoms with Gasteiger partial charge < -0.3 is 5.32 Å². The normalized spacial score (nSPS) is 18.2. The minimum atomic E-state index is -4.09. The maximum absolute atomic E-state index is 12.3. The number of nitrogens with zero attached hydrogens (tertiary/aromatic N) is 1. The third-order valence-electron chi connectivity index (χ3n) is 3.94. The molecule has 1 saturated heterocycles. The number of anilines is 1. The standard InChI is InChI=1S/C16H23F3N2/c1-12(2)13-3-5-14(6-4-13)20-15-7-9-21(10-8-15)11-16(17,18)19/h3-6,12,15,20H,7-11H2,1-2H3. The molecule has 0 unspecified atom stereocenters. The lowest BCUT2D eigenvalue weighted by Gasteiger charge is -2.33. The quantitative estimate of drug-likeness (QED) is 0.894. The van der Waals surface area contributed by atoms with Crippen molar-refractivity contribution >= 4 is 5.69 Å². The van der Waals surface area contributed by atoms with E-state index in [0.29, 0.717) is 19.0 Å². The third-order valence-corrected chi connectivity index (χ3v) is 3.94. The highest BCUT2D eigenvalue weighted by Crippen LogP contribution is 2.22. The molecule has 1 aliphatic heterocycles. The second-order valence-corrected chi connectivity index (χ2v) is 6.09. The summed E-state index contributed by atoms with van der Waals surface area (Å²) in [5.41, 5.74) is 2.34. The average Bonchev–Trinajstić information content (AvgIpc) is 2.40. The van der Waals surface area contributed by atoms with Crippen molar-refractivity contribution in [2.45, 2.75) is 44.8 Å². The number of likely N-dealkylation sites (tertiary alicyclic amines) is 1. The van der Waals surface area contributed by atoms with Crippen LogP contribution in [0.25, 0.3) is 0 Å². The van der Waals surface area contributed by atoms with Crippen LogP contribution in [0.3, 0.4) is 0 Å². The molecule has 1 aromatic rings. The van der Waals surface area contributed by atoms with Crippen molar-refractivity contribution < 1.29 is 13.2 Å². The summed E-state index contributed by atoms with van der Waals surface area (Å²) in [7, 11) is 0. The van der Waals surface area contributed by atoms with Crippen molar-refractivity contribution in [2.24, 2.45) is 0 Å². The Morgan fingerprint density at radius 1 is 1.14 bits per heavy atom. The number of hydrogen-bond donors (Lipinski definition) is 1. The molecular weight excluding hydrogens is 277 g/mol. The molecule has 2 nitrogen and oxygen atoms in total. The molecule has 118 valence electrons. The number of benzene rings is 1. The molecule has 1 fully saturated rings. The Hall–Kier alpha value is -1.23. The number of nitrogens with one attached hydrogen (secondary N) is 1. The van der Waals surface area contributed by atoms with Crippen LogP contribution < -0.4 is 5.32 Å². The van der Waals surface area contributed by atoms with Gasteiger partial charge in [0.1, 0.15) is 0 Å². The summed E-state index contributed by atoms with van der Waals surface area (Å²) in [4.78, 5) is 1.49. The van der Waals surface area contributed by atoms with E-state index in [2.05, 4.69) is 43.4 Å². The van der Waals surface area contributed by atoms with Crippen molar-refractivity contribution in [1.29, 1.82) is 0 Å². The van der Waals surface area contributed by atoms with E-state index in [1.165, 1.54) is 10.5 Å². The van der Waals surface area contributed by atoms with E-state index in [4.69, 9.17) is 0 Å². The van der Waals surface area contributed by atoms with Gasteiger partial charge in [-0.05, 0) is 36.5 Å². The average molecular weight is 300 g/mol. The van der Waals surface area contributed by atoms with Gasteiger partial charge in [0.05, 0.1) is 6.54 Å². The monoisotopic (exact) mass is 300 g/mol. The topological polar surface area (TPSA) is 15.3 Å². The van der Waals surface area contributed by atoms with Crippen LogP contribution in [0.4, 0.5) is 18.9 Å². The zero-order valence-electron chi connectivity index (χ0n) is 12.6. The highest BCUT2D eigenvalue weighted by molar-refractivity contribution is 5.46. The number of piperidine rings is 1. The van der Waals surface area contributed by atoms with E-state index in [-0.39, 0.29) is 6.04 Å². The van der Waals surface area contributed by atoms with Gasteiger partial charge in [0, 0.05) is 24.8 Å². The fourth-order valence-electron chi connectivity index (χ4n) is 2.69. The second kappa shape index (κ2) is 6.69. The zero-order chi connectivity index (χ0) is 15.5. The lowest BCUT2D eigenvalue weighted by molar-refractivity contribution is -0.147. The summed E-state index contributed by atoms with van der Waals surface area (Å²) in [5, 5.41) is 3.42. The van der Waals surface area contributed by atoms with E-state index in [0.717, 1.165) is 18.5 Å². The third kappa shape index (κ3) is 5.23. The smallest absolute Gasteiger partial charge is 0.382 e. The predicted molar refractivity (Wildman–Crippen MR) is 79.7 cm³/mol. The van der Waals surface area contributed by atoms with Crippen LogP contribution in [-0.2, 0) is 0 Å². The van der Waals surface area contributed by atoms with Gasteiger partial charge in [0.25, 0.3) is 0 Å². The maximum atomic E-state index is 12.3. The van der Waals surface area contributed by atoms with Gasteiger partial charge in [0.2, 0.25) is 0 Å². The number of alkyl halides is 3. The molecule has 0 aliphatic carbocycles. The van der Waals surface area contributed by atoms with Crippen molar-refractivity contribution in [3.8, 4) is 0 Å². The lowest BCUT2D eigenvalue weighted by atomic mass is 10.0. The van der Waals surface area contributed by atoms with Gasteiger partial charge in [-0.1, -0.05) is 26.0 Å². The van der Waals surface area contributed by atoms with Gasteiger partial charge >= 0.3 is 6.18 Å². The molecule has 5 heteroatoms. The Labute approximate surface area is 124 Å². The maximum Gasteiger partial charge on any atom is 0.401 e. The molecule has 0 atom stereocenters. The van der Waals surface area contributed by atoms with Crippen molar-refractivity contribution in [3.63, 3.8) is 0 Å². The highest BCUT2D eigenvalue weighted by Gasteiger charge is 2.32. The molecule has 1 heterocycles. The summed E-state index contributed by atoms with van der Waals surface area (Å²) in [5.74, 6) is 0.504.